The third-order valence-corrected chi connectivity index (χ3v) is 10.1. The highest BCUT2D eigenvalue weighted by Crippen LogP contribution is 2.42. The summed E-state index contributed by atoms with van der Waals surface area (Å²) in [5.41, 5.74) is 6.20. The van der Waals surface area contributed by atoms with Crippen LogP contribution in [-0.2, 0) is 11.2 Å². The minimum Gasteiger partial charge on any atom is -0.325 e. The van der Waals surface area contributed by atoms with Gasteiger partial charge in [-0.2, -0.15) is 5.26 Å². The summed E-state index contributed by atoms with van der Waals surface area (Å²) in [6.07, 6.45) is 11.3. The molecule has 1 amide bonds. The van der Waals surface area contributed by atoms with Gasteiger partial charge in [-0.1, -0.05) is 79.2 Å². The first-order chi connectivity index (χ1) is 21.0. The topological polar surface area (TPSA) is 59.4 Å². The number of nitrogens with zero attached hydrogens (tertiary/aromatic N) is 3. The Morgan fingerprint density at radius 2 is 1.58 bits per heavy atom. The number of anilines is 1. The number of rotatable bonds is 6. The Morgan fingerprint density at radius 3 is 2.30 bits per heavy atom. The fraction of sp³-hybridized carbons (Fsp3) is 0.444. The monoisotopic (exact) mass is 614 g/mol. The summed E-state index contributed by atoms with van der Waals surface area (Å²) < 4.78 is 0. The molecule has 0 radical (unpaired) electrons. The number of benzene rings is 3. The van der Waals surface area contributed by atoms with Gasteiger partial charge in [0.05, 0.1) is 18.2 Å². The van der Waals surface area contributed by atoms with Crippen molar-refractivity contribution in [3.8, 4) is 17.2 Å². The Hall–Kier alpha value is -2.88. The highest BCUT2D eigenvalue weighted by atomic mass is 35.5. The van der Waals surface area contributed by atoms with Crippen LogP contribution in [0.1, 0.15) is 74.1 Å². The van der Waals surface area contributed by atoms with Gasteiger partial charge in [0.15, 0.2) is 0 Å². The molecule has 1 atom stereocenters. The van der Waals surface area contributed by atoms with E-state index in [4.69, 9.17) is 23.2 Å². The van der Waals surface area contributed by atoms with Crippen LogP contribution >= 0.6 is 23.2 Å². The van der Waals surface area contributed by atoms with Crippen molar-refractivity contribution in [3.05, 3.63) is 87.4 Å². The average Bonchev–Trinajstić information content (AvgIpc) is 3.30. The minimum absolute atomic E-state index is 0.0485. The molecule has 0 spiro atoms. The number of carbonyl (C=O) groups is 1. The third-order valence-electron chi connectivity index (χ3n) is 9.70. The number of carbonyl (C=O) groups excluding carboxylic acids is 1. The Labute approximate surface area is 265 Å². The summed E-state index contributed by atoms with van der Waals surface area (Å²) in [5, 5.41) is 13.5. The lowest BCUT2D eigenvalue weighted by atomic mass is 9.79. The van der Waals surface area contributed by atoms with Crippen molar-refractivity contribution in [2.45, 2.75) is 69.9 Å². The first-order valence-corrected chi connectivity index (χ1v) is 16.6. The number of piperidine rings is 1. The summed E-state index contributed by atoms with van der Waals surface area (Å²) >= 11 is 12.4. The quantitative estimate of drug-likeness (QED) is 0.283. The number of fused-ring (bicyclic) bond motifs is 1. The van der Waals surface area contributed by atoms with Gasteiger partial charge in [-0.25, -0.2) is 0 Å². The van der Waals surface area contributed by atoms with E-state index in [1.165, 1.54) is 49.7 Å². The number of hydrogen-bond donors (Lipinski definition) is 1. The zero-order valence-corrected chi connectivity index (χ0v) is 26.2. The molecule has 2 heterocycles. The van der Waals surface area contributed by atoms with E-state index >= 15 is 0 Å². The van der Waals surface area contributed by atoms with Crippen molar-refractivity contribution in [2.24, 2.45) is 5.92 Å². The van der Waals surface area contributed by atoms with E-state index in [9.17, 15) is 10.1 Å². The molecule has 0 bridgehead atoms. The molecule has 3 aliphatic rings. The lowest BCUT2D eigenvalue weighted by Gasteiger charge is -2.45. The molecule has 43 heavy (non-hydrogen) atoms. The van der Waals surface area contributed by atoms with E-state index in [2.05, 4.69) is 45.5 Å². The van der Waals surface area contributed by atoms with Gasteiger partial charge in [0, 0.05) is 34.4 Å². The predicted molar refractivity (Wildman–Crippen MR) is 175 cm³/mol. The fourth-order valence-corrected chi connectivity index (χ4v) is 8.15. The Bertz CT molecular complexity index is 1460. The van der Waals surface area contributed by atoms with E-state index < -0.39 is 0 Å². The van der Waals surface area contributed by atoms with Crippen molar-refractivity contribution in [1.29, 1.82) is 5.26 Å². The van der Waals surface area contributed by atoms with Gasteiger partial charge in [0.2, 0.25) is 5.91 Å². The standard InChI is InChI=1S/C36H40Cl2N4O/c37-30-20-31(38)22-32(21-30)40-35(43)24-42-17-14-29-19-28(27-7-5-6-25(18-27)23-39)10-11-34(29)36(42)26-12-15-41(16-13-26)33-8-3-1-2-4-9-33/h5-7,10-11,18-22,26,33,36H,1-4,8-9,12-17,24H2,(H,40,43). The van der Waals surface area contributed by atoms with Crippen molar-refractivity contribution >= 4 is 34.8 Å². The molecule has 0 aromatic heterocycles. The third kappa shape index (κ3) is 7.27. The molecule has 5 nitrogen and oxygen atoms in total. The maximum absolute atomic E-state index is 13.4. The van der Waals surface area contributed by atoms with Crippen molar-refractivity contribution in [2.75, 3.05) is 31.5 Å². The van der Waals surface area contributed by atoms with Crippen LogP contribution < -0.4 is 5.32 Å². The normalized spacial score (nSPS) is 20.6. The molecule has 1 aliphatic carbocycles. The van der Waals surface area contributed by atoms with Crippen molar-refractivity contribution < 1.29 is 4.79 Å². The van der Waals surface area contributed by atoms with Crippen LogP contribution in [0.4, 0.5) is 5.69 Å². The highest BCUT2D eigenvalue weighted by Gasteiger charge is 2.37. The number of halogens is 2. The molecule has 1 saturated heterocycles. The van der Waals surface area contributed by atoms with Gasteiger partial charge in [-0.05, 0) is 104 Å². The second kappa shape index (κ2) is 13.8. The first-order valence-electron chi connectivity index (χ1n) is 15.8. The maximum Gasteiger partial charge on any atom is 0.238 e. The smallest absolute Gasteiger partial charge is 0.238 e. The lowest BCUT2D eigenvalue weighted by Crippen LogP contribution is -2.48. The predicted octanol–water partition coefficient (Wildman–Crippen LogP) is 8.50. The van der Waals surface area contributed by atoms with E-state index in [0.29, 0.717) is 33.8 Å². The summed E-state index contributed by atoms with van der Waals surface area (Å²) in [5.74, 6) is 0.440. The van der Waals surface area contributed by atoms with E-state index in [0.717, 1.165) is 56.1 Å². The fourth-order valence-electron chi connectivity index (χ4n) is 7.62. The molecule has 224 valence electrons. The minimum atomic E-state index is -0.0485. The van der Waals surface area contributed by atoms with Crippen LogP contribution in [-0.4, -0.2) is 47.9 Å². The molecule has 1 N–H and O–H groups in total. The zero-order valence-electron chi connectivity index (χ0n) is 24.7. The van der Waals surface area contributed by atoms with Crippen molar-refractivity contribution in [1.82, 2.24) is 9.80 Å². The number of amides is 1. The molecule has 3 aromatic carbocycles. The van der Waals surface area contributed by atoms with Crippen LogP contribution in [0, 0.1) is 17.2 Å². The van der Waals surface area contributed by atoms with Gasteiger partial charge in [0.25, 0.3) is 0 Å². The largest absolute Gasteiger partial charge is 0.325 e. The van der Waals surface area contributed by atoms with E-state index in [1.807, 2.05) is 18.2 Å². The Kier molecular flexibility index (Phi) is 9.70. The van der Waals surface area contributed by atoms with Crippen LogP contribution in [0.15, 0.2) is 60.7 Å². The molecule has 2 fully saturated rings. The molecule has 6 rings (SSSR count). The molecule has 1 unspecified atom stereocenters. The summed E-state index contributed by atoms with van der Waals surface area (Å²) in [6.45, 7) is 3.43. The Balaban J connectivity index is 1.24. The molecule has 2 aliphatic heterocycles. The Morgan fingerprint density at radius 1 is 0.860 bits per heavy atom. The second-order valence-electron chi connectivity index (χ2n) is 12.5. The van der Waals surface area contributed by atoms with Crippen LogP contribution in [0.3, 0.4) is 0 Å². The van der Waals surface area contributed by atoms with Crippen LogP contribution in [0.25, 0.3) is 11.1 Å². The number of nitriles is 1. The summed E-state index contributed by atoms with van der Waals surface area (Å²) in [4.78, 5) is 18.5. The highest BCUT2D eigenvalue weighted by molar-refractivity contribution is 6.35. The number of likely N-dealkylation sites (tertiary alicyclic amines) is 1. The molecular formula is C36H40Cl2N4O. The number of hydrogen-bond acceptors (Lipinski definition) is 4. The van der Waals surface area contributed by atoms with Gasteiger partial charge < -0.3 is 10.2 Å². The van der Waals surface area contributed by atoms with Gasteiger partial charge >= 0.3 is 0 Å². The average molecular weight is 616 g/mol. The first kappa shape index (κ1) is 30.2. The summed E-state index contributed by atoms with van der Waals surface area (Å²) in [7, 11) is 0. The second-order valence-corrected chi connectivity index (χ2v) is 13.4. The maximum atomic E-state index is 13.4. The van der Waals surface area contributed by atoms with Crippen molar-refractivity contribution in [3.63, 3.8) is 0 Å². The van der Waals surface area contributed by atoms with Gasteiger partial charge in [-0.15, -0.1) is 0 Å². The summed E-state index contributed by atoms with van der Waals surface area (Å²) in [6, 6.07) is 23.0. The van der Waals surface area contributed by atoms with Crippen LogP contribution in [0.2, 0.25) is 10.0 Å². The molecular weight excluding hydrogens is 575 g/mol. The number of nitrogens with one attached hydrogen (secondary N) is 1. The molecule has 1 saturated carbocycles. The molecule has 3 aromatic rings. The SMILES string of the molecule is N#Cc1cccc(-c2ccc3c(c2)CCN(CC(=O)Nc2cc(Cl)cc(Cl)c2)C3C2CCN(C3CCCCCC3)CC2)c1. The van der Waals surface area contributed by atoms with Gasteiger partial charge in [-0.3, -0.25) is 9.69 Å². The van der Waals surface area contributed by atoms with E-state index in [-0.39, 0.29) is 11.9 Å². The van der Waals surface area contributed by atoms with Gasteiger partial charge in [0.1, 0.15) is 0 Å². The van der Waals surface area contributed by atoms with Crippen LogP contribution in [0.5, 0.6) is 0 Å². The molecule has 7 heteroatoms. The zero-order chi connectivity index (χ0) is 29.8. The lowest BCUT2D eigenvalue weighted by molar-refractivity contribution is -0.118. The van der Waals surface area contributed by atoms with E-state index in [1.54, 1.807) is 18.2 Å².